The molecule has 0 heterocycles. The fraction of sp³-hybridized carbons (Fsp3) is 0.417. The van der Waals surface area contributed by atoms with Crippen LogP contribution in [0, 0.1) is 0 Å². The number of carboxylic acids is 1. The molecule has 100 valence electrons. The first-order valence-corrected chi connectivity index (χ1v) is 8.01. The summed E-state index contributed by atoms with van der Waals surface area (Å²) >= 11 is 3.25. The first-order chi connectivity index (χ1) is 8.40. The third kappa shape index (κ3) is 4.78. The van der Waals surface area contributed by atoms with Gasteiger partial charge in [0.2, 0.25) is 0 Å². The second-order valence-corrected chi connectivity index (χ2v) is 6.58. The number of hydrogen-bond acceptors (Lipinski definition) is 3. The monoisotopic (exact) mass is 333 g/mol. The van der Waals surface area contributed by atoms with Crippen molar-refractivity contribution < 1.29 is 14.1 Å². The van der Waals surface area contributed by atoms with Crippen LogP contribution in [-0.2, 0) is 10.8 Å². The molecule has 0 bridgehead atoms. The number of nitrogens with one attached hydrogen (secondary N) is 1. The van der Waals surface area contributed by atoms with E-state index in [1.807, 2.05) is 6.92 Å². The number of carbonyl (C=O) groups is 1. The van der Waals surface area contributed by atoms with Crippen molar-refractivity contribution in [1.82, 2.24) is 0 Å². The van der Waals surface area contributed by atoms with Crippen LogP contribution >= 0.6 is 15.9 Å². The maximum atomic E-state index is 11.1. The van der Waals surface area contributed by atoms with Crippen LogP contribution in [0.25, 0.3) is 0 Å². The highest BCUT2D eigenvalue weighted by molar-refractivity contribution is 9.10. The summed E-state index contributed by atoms with van der Waals surface area (Å²) in [6.45, 7) is 1.94. The molecular weight excluding hydrogens is 318 g/mol. The lowest BCUT2D eigenvalue weighted by molar-refractivity contribution is 0.0698. The van der Waals surface area contributed by atoms with Gasteiger partial charge in [0, 0.05) is 39.0 Å². The molecule has 0 saturated heterocycles. The average molecular weight is 334 g/mol. The smallest absolute Gasteiger partial charge is 0.337 e. The van der Waals surface area contributed by atoms with Gasteiger partial charge in [-0.05, 0) is 31.5 Å². The van der Waals surface area contributed by atoms with Crippen LogP contribution in [0.1, 0.15) is 23.7 Å². The van der Waals surface area contributed by atoms with Crippen molar-refractivity contribution in [2.45, 2.75) is 19.4 Å². The fourth-order valence-corrected chi connectivity index (χ4v) is 2.55. The van der Waals surface area contributed by atoms with Crippen LogP contribution in [0.2, 0.25) is 0 Å². The van der Waals surface area contributed by atoms with Crippen molar-refractivity contribution in [3.8, 4) is 0 Å². The number of rotatable bonds is 6. The van der Waals surface area contributed by atoms with Gasteiger partial charge in [0.1, 0.15) is 0 Å². The van der Waals surface area contributed by atoms with Gasteiger partial charge >= 0.3 is 5.97 Å². The summed E-state index contributed by atoms with van der Waals surface area (Å²) in [7, 11) is -0.826. The Bertz CT molecular complexity index is 465. The van der Waals surface area contributed by atoms with E-state index in [2.05, 4.69) is 21.2 Å². The molecule has 0 fully saturated rings. The highest BCUT2D eigenvalue weighted by Crippen LogP contribution is 2.22. The molecule has 0 aliphatic rings. The zero-order valence-corrected chi connectivity index (χ0v) is 12.7. The van der Waals surface area contributed by atoms with E-state index in [4.69, 9.17) is 5.11 Å². The molecule has 0 saturated carbocycles. The standard InChI is InChI=1S/C12H16BrNO3S/c1-8(5-6-18(2)17)14-11-4-3-9(13)7-10(11)12(15)16/h3-4,7-8,14H,5-6H2,1-2H3,(H,15,16). The molecule has 0 aliphatic carbocycles. The first-order valence-electron chi connectivity index (χ1n) is 5.49. The van der Waals surface area contributed by atoms with Crippen molar-refractivity contribution >= 4 is 38.4 Å². The summed E-state index contributed by atoms with van der Waals surface area (Å²) < 4.78 is 11.7. The Morgan fingerprint density at radius 3 is 2.78 bits per heavy atom. The molecule has 1 aromatic carbocycles. The molecule has 2 unspecified atom stereocenters. The lowest BCUT2D eigenvalue weighted by Crippen LogP contribution is -2.19. The molecule has 1 aromatic rings. The van der Waals surface area contributed by atoms with Gasteiger partial charge in [0.25, 0.3) is 0 Å². The van der Waals surface area contributed by atoms with E-state index >= 15 is 0 Å². The largest absolute Gasteiger partial charge is 0.478 e. The van der Waals surface area contributed by atoms with E-state index in [9.17, 15) is 9.00 Å². The second kappa shape index (κ2) is 6.89. The molecule has 2 N–H and O–H groups in total. The molecule has 4 nitrogen and oxygen atoms in total. The number of benzene rings is 1. The summed E-state index contributed by atoms with van der Waals surface area (Å²) in [5.41, 5.74) is 0.814. The zero-order chi connectivity index (χ0) is 13.7. The number of halogens is 1. The Kier molecular flexibility index (Phi) is 5.81. The van der Waals surface area contributed by atoms with Gasteiger partial charge in [-0.2, -0.15) is 0 Å². The van der Waals surface area contributed by atoms with Gasteiger partial charge in [0.15, 0.2) is 0 Å². The molecule has 0 radical (unpaired) electrons. The summed E-state index contributed by atoms with van der Waals surface area (Å²) in [6.07, 6.45) is 2.40. The quantitative estimate of drug-likeness (QED) is 0.839. The van der Waals surface area contributed by atoms with Gasteiger partial charge in [-0.3, -0.25) is 4.21 Å². The Labute approximate surface area is 117 Å². The number of aromatic carboxylic acids is 1. The minimum absolute atomic E-state index is 0.0770. The predicted molar refractivity (Wildman–Crippen MR) is 77.7 cm³/mol. The normalized spacial score (nSPS) is 13.9. The van der Waals surface area contributed by atoms with E-state index in [1.54, 1.807) is 24.5 Å². The Balaban J connectivity index is 2.77. The van der Waals surface area contributed by atoms with Crippen molar-refractivity contribution in [2.75, 3.05) is 17.3 Å². The van der Waals surface area contributed by atoms with E-state index in [1.165, 1.54) is 0 Å². The van der Waals surface area contributed by atoms with Crippen LogP contribution in [-0.4, -0.2) is 33.3 Å². The van der Waals surface area contributed by atoms with Gasteiger partial charge in [-0.1, -0.05) is 15.9 Å². The van der Waals surface area contributed by atoms with Crippen molar-refractivity contribution in [2.24, 2.45) is 0 Å². The maximum absolute atomic E-state index is 11.1. The highest BCUT2D eigenvalue weighted by atomic mass is 79.9. The molecule has 18 heavy (non-hydrogen) atoms. The SMILES string of the molecule is CC(CCS(C)=O)Nc1ccc(Br)cc1C(=O)O. The maximum Gasteiger partial charge on any atom is 0.337 e. The number of carboxylic acid groups (broad SMARTS) is 1. The van der Waals surface area contributed by atoms with Crippen LogP contribution in [0.15, 0.2) is 22.7 Å². The van der Waals surface area contributed by atoms with Gasteiger partial charge < -0.3 is 10.4 Å². The van der Waals surface area contributed by atoms with E-state index in [0.29, 0.717) is 11.4 Å². The molecule has 1 rings (SSSR count). The van der Waals surface area contributed by atoms with Crippen LogP contribution in [0.4, 0.5) is 5.69 Å². The predicted octanol–water partition coefficient (Wildman–Crippen LogP) is 2.72. The molecule has 6 heteroatoms. The lowest BCUT2D eigenvalue weighted by Gasteiger charge is -2.16. The molecule has 0 aromatic heterocycles. The zero-order valence-electron chi connectivity index (χ0n) is 10.3. The minimum atomic E-state index is -0.968. The van der Waals surface area contributed by atoms with Gasteiger partial charge in [0.05, 0.1) is 5.56 Å². The van der Waals surface area contributed by atoms with E-state index < -0.39 is 16.8 Å². The van der Waals surface area contributed by atoms with Gasteiger partial charge in [-0.15, -0.1) is 0 Å². The molecule has 0 amide bonds. The van der Waals surface area contributed by atoms with Crippen molar-refractivity contribution in [3.05, 3.63) is 28.2 Å². The average Bonchev–Trinajstić information content (AvgIpc) is 2.28. The third-order valence-corrected chi connectivity index (χ3v) is 3.76. The number of hydrogen-bond donors (Lipinski definition) is 2. The van der Waals surface area contributed by atoms with Crippen molar-refractivity contribution in [1.29, 1.82) is 0 Å². The fourth-order valence-electron chi connectivity index (χ4n) is 1.50. The molecular formula is C12H16BrNO3S. The summed E-state index contributed by atoms with van der Waals surface area (Å²) in [4.78, 5) is 11.1. The number of anilines is 1. The van der Waals surface area contributed by atoms with Crippen LogP contribution < -0.4 is 5.32 Å². The molecule has 0 spiro atoms. The third-order valence-electron chi connectivity index (χ3n) is 2.45. The van der Waals surface area contributed by atoms with Crippen LogP contribution in [0.3, 0.4) is 0 Å². The van der Waals surface area contributed by atoms with E-state index in [0.717, 1.165) is 10.9 Å². The Morgan fingerprint density at radius 2 is 2.22 bits per heavy atom. The topological polar surface area (TPSA) is 66.4 Å². The summed E-state index contributed by atoms with van der Waals surface area (Å²) in [5.74, 6) is -0.363. The van der Waals surface area contributed by atoms with E-state index in [-0.39, 0.29) is 11.6 Å². The lowest BCUT2D eigenvalue weighted by atomic mass is 10.1. The second-order valence-electron chi connectivity index (χ2n) is 4.11. The molecule has 0 aliphatic heterocycles. The Hall–Kier alpha value is -0.880. The minimum Gasteiger partial charge on any atom is -0.478 e. The highest BCUT2D eigenvalue weighted by Gasteiger charge is 2.12. The molecule has 2 atom stereocenters. The summed E-state index contributed by atoms with van der Waals surface area (Å²) in [6, 6.07) is 5.16. The first kappa shape index (κ1) is 15.2. The van der Waals surface area contributed by atoms with Gasteiger partial charge in [-0.25, -0.2) is 4.79 Å². The van der Waals surface area contributed by atoms with Crippen molar-refractivity contribution in [3.63, 3.8) is 0 Å². The Morgan fingerprint density at radius 1 is 1.56 bits per heavy atom. The summed E-state index contributed by atoms with van der Waals surface area (Å²) in [5, 5.41) is 12.2. The van der Waals surface area contributed by atoms with Crippen LogP contribution in [0.5, 0.6) is 0 Å².